The van der Waals surface area contributed by atoms with Gasteiger partial charge in [-0.1, -0.05) is 17.3 Å². The highest BCUT2D eigenvalue weighted by Crippen LogP contribution is 2.23. The van der Waals surface area contributed by atoms with Gasteiger partial charge in [-0.2, -0.15) is 4.98 Å². The summed E-state index contributed by atoms with van der Waals surface area (Å²) in [6, 6.07) is 7.27. The molecule has 2 rings (SSSR count). The molecule has 6 heteroatoms. The molecule has 0 radical (unpaired) electrons. The average Bonchev–Trinajstić information content (AvgIpc) is 2.77. The fourth-order valence-corrected chi connectivity index (χ4v) is 1.60. The maximum atomic E-state index is 11.9. The lowest BCUT2D eigenvalue weighted by Gasteiger charge is -2.10. The molecule has 0 spiro atoms. The number of aryl methyl sites for hydroxylation is 1. The largest absolute Gasteiger partial charge is 0.492 e. The summed E-state index contributed by atoms with van der Waals surface area (Å²) >= 11 is 0. The van der Waals surface area contributed by atoms with Crippen molar-refractivity contribution in [1.82, 2.24) is 10.1 Å². The first-order chi connectivity index (χ1) is 9.19. The van der Waals surface area contributed by atoms with E-state index >= 15 is 0 Å². The summed E-state index contributed by atoms with van der Waals surface area (Å²) in [6.07, 6.45) is 0.0673. The van der Waals surface area contributed by atoms with Crippen LogP contribution in [-0.2, 0) is 11.2 Å². The van der Waals surface area contributed by atoms with Gasteiger partial charge in [-0.25, -0.2) is 0 Å². The summed E-state index contributed by atoms with van der Waals surface area (Å²) in [4.78, 5) is 15.8. The number of carbonyl (C=O) groups is 1. The molecule has 1 aromatic heterocycles. The van der Waals surface area contributed by atoms with Crippen LogP contribution in [0.4, 0.5) is 5.69 Å². The molecule has 0 aliphatic heterocycles. The summed E-state index contributed by atoms with van der Waals surface area (Å²) in [5, 5.41) is 6.45. The van der Waals surface area contributed by atoms with Gasteiger partial charge in [0.05, 0.1) is 18.7 Å². The monoisotopic (exact) mass is 261 g/mol. The summed E-state index contributed by atoms with van der Waals surface area (Å²) in [5.41, 5.74) is 0.634. The third kappa shape index (κ3) is 3.54. The number of hydrogen-bond donors (Lipinski definition) is 1. The van der Waals surface area contributed by atoms with Crippen LogP contribution in [0, 0.1) is 6.92 Å². The van der Waals surface area contributed by atoms with Gasteiger partial charge in [0.2, 0.25) is 11.8 Å². The molecule has 100 valence electrons. The first kappa shape index (κ1) is 13.1. The molecule has 0 aliphatic carbocycles. The van der Waals surface area contributed by atoms with E-state index in [-0.39, 0.29) is 12.3 Å². The van der Waals surface area contributed by atoms with E-state index in [2.05, 4.69) is 15.5 Å². The van der Waals surface area contributed by atoms with Crippen LogP contribution in [0.3, 0.4) is 0 Å². The van der Waals surface area contributed by atoms with Crippen molar-refractivity contribution < 1.29 is 14.1 Å². The molecular weight excluding hydrogens is 246 g/mol. The molecule has 0 bridgehead atoms. The average molecular weight is 261 g/mol. The van der Waals surface area contributed by atoms with Gasteiger partial charge in [0.15, 0.2) is 5.82 Å². The number of hydrogen-bond acceptors (Lipinski definition) is 5. The normalized spacial score (nSPS) is 10.2. The molecule has 0 fully saturated rings. The third-order valence-corrected chi connectivity index (χ3v) is 2.35. The standard InChI is InChI=1S/C13H15N3O3/c1-3-18-11-7-5-4-6-10(11)15-13(17)8-12-14-9(2)19-16-12/h4-7H,3,8H2,1-2H3,(H,15,17). The highest BCUT2D eigenvalue weighted by Gasteiger charge is 2.11. The summed E-state index contributed by atoms with van der Waals surface area (Å²) in [7, 11) is 0. The van der Waals surface area contributed by atoms with Crippen molar-refractivity contribution in [2.75, 3.05) is 11.9 Å². The van der Waals surface area contributed by atoms with Gasteiger partial charge in [0, 0.05) is 6.92 Å². The Balaban J connectivity index is 2.02. The summed E-state index contributed by atoms with van der Waals surface area (Å²) in [6.45, 7) is 4.11. The maximum Gasteiger partial charge on any atom is 0.232 e. The first-order valence-corrected chi connectivity index (χ1v) is 6.00. The van der Waals surface area contributed by atoms with Crippen molar-refractivity contribution >= 4 is 11.6 Å². The van der Waals surface area contributed by atoms with E-state index in [1.54, 1.807) is 19.1 Å². The SMILES string of the molecule is CCOc1ccccc1NC(=O)Cc1noc(C)n1. The minimum absolute atomic E-state index is 0.0673. The Morgan fingerprint density at radius 1 is 1.42 bits per heavy atom. The Morgan fingerprint density at radius 3 is 2.89 bits per heavy atom. The molecule has 19 heavy (non-hydrogen) atoms. The highest BCUT2D eigenvalue weighted by molar-refractivity contribution is 5.93. The Bertz CT molecular complexity index is 566. The highest BCUT2D eigenvalue weighted by atomic mass is 16.5. The second kappa shape index (κ2) is 5.99. The van der Waals surface area contributed by atoms with Crippen molar-refractivity contribution in [3.05, 3.63) is 36.0 Å². The maximum absolute atomic E-state index is 11.9. The van der Waals surface area contributed by atoms with Gasteiger partial charge in [0.1, 0.15) is 5.75 Å². The molecule has 1 amide bonds. The van der Waals surface area contributed by atoms with Gasteiger partial charge in [-0.3, -0.25) is 4.79 Å². The number of ether oxygens (including phenoxy) is 1. The molecule has 2 aromatic rings. The zero-order valence-corrected chi connectivity index (χ0v) is 10.8. The molecule has 1 N–H and O–H groups in total. The fraction of sp³-hybridized carbons (Fsp3) is 0.308. The van der Waals surface area contributed by atoms with Crippen LogP contribution in [0.25, 0.3) is 0 Å². The second-order valence-electron chi connectivity index (χ2n) is 3.88. The van der Waals surface area contributed by atoms with Crippen LogP contribution in [0.2, 0.25) is 0 Å². The predicted octanol–water partition coefficient (Wildman–Crippen LogP) is 1.96. The Hall–Kier alpha value is -2.37. The lowest BCUT2D eigenvalue weighted by Crippen LogP contribution is -2.16. The van der Waals surface area contributed by atoms with E-state index in [1.165, 1.54) is 0 Å². The Morgan fingerprint density at radius 2 is 2.21 bits per heavy atom. The van der Waals surface area contributed by atoms with Gasteiger partial charge >= 0.3 is 0 Å². The van der Waals surface area contributed by atoms with Gasteiger partial charge in [-0.05, 0) is 19.1 Å². The number of benzene rings is 1. The number of carbonyl (C=O) groups excluding carboxylic acids is 1. The number of nitrogens with one attached hydrogen (secondary N) is 1. The van der Waals surface area contributed by atoms with Crippen molar-refractivity contribution in [3.63, 3.8) is 0 Å². The molecule has 1 heterocycles. The second-order valence-corrected chi connectivity index (χ2v) is 3.88. The van der Waals surface area contributed by atoms with E-state index in [1.807, 2.05) is 19.1 Å². The van der Waals surface area contributed by atoms with Crippen molar-refractivity contribution in [2.45, 2.75) is 20.3 Å². The molecule has 0 aliphatic rings. The van der Waals surface area contributed by atoms with E-state index in [4.69, 9.17) is 9.26 Å². The third-order valence-electron chi connectivity index (χ3n) is 2.35. The quantitative estimate of drug-likeness (QED) is 0.890. The zero-order chi connectivity index (χ0) is 13.7. The predicted molar refractivity (Wildman–Crippen MR) is 69.0 cm³/mol. The van der Waals surface area contributed by atoms with Crippen LogP contribution < -0.4 is 10.1 Å². The van der Waals surface area contributed by atoms with Gasteiger partial charge in [-0.15, -0.1) is 0 Å². The smallest absolute Gasteiger partial charge is 0.232 e. The van der Waals surface area contributed by atoms with Gasteiger partial charge in [0.25, 0.3) is 0 Å². The van der Waals surface area contributed by atoms with Crippen molar-refractivity contribution in [1.29, 1.82) is 0 Å². The lowest BCUT2D eigenvalue weighted by atomic mass is 10.2. The molecule has 6 nitrogen and oxygen atoms in total. The van der Waals surface area contributed by atoms with E-state index < -0.39 is 0 Å². The molecule has 0 saturated carbocycles. The molecule has 0 atom stereocenters. The zero-order valence-electron chi connectivity index (χ0n) is 10.8. The Labute approximate surface area is 110 Å². The minimum Gasteiger partial charge on any atom is -0.492 e. The topological polar surface area (TPSA) is 77.2 Å². The number of para-hydroxylation sites is 2. The lowest BCUT2D eigenvalue weighted by molar-refractivity contribution is -0.115. The van der Waals surface area contributed by atoms with Crippen molar-refractivity contribution in [3.8, 4) is 5.75 Å². The van der Waals surface area contributed by atoms with E-state index in [0.29, 0.717) is 29.8 Å². The van der Waals surface area contributed by atoms with E-state index in [0.717, 1.165) is 0 Å². The van der Waals surface area contributed by atoms with Crippen molar-refractivity contribution in [2.24, 2.45) is 0 Å². The van der Waals surface area contributed by atoms with Crippen LogP contribution in [0.1, 0.15) is 18.6 Å². The summed E-state index contributed by atoms with van der Waals surface area (Å²) < 4.78 is 10.2. The van der Waals surface area contributed by atoms with Crippen LogP contribution in [0.15, 0.2) is 28.8 Å². The minimum atomic E-state index is -0.215. The Kier molecular flexibility index (Phi) is 4.12. The molecule has 1 aromatic carbocycles. The molecule has 0 saturated heterocycles. The number of aromatic nitrogens is 2. The van der Waals surface area contributed by atoms with Crippen LogP contribution >= 0.6 is 0 Å². The first-order valence-electron chi connectivity index (χ1n) is 6.00. The number of nitrogens with zero attached hydrogens (tertiary/aromatic N) is 2. The van der Waals surface area contributed by atoms with E-state index in [9.17, 15) is 4.79 Å². The van der Waals surface area contributed by atoms with Gasteiger partial charge < -0.3 is 14.6 Å². The summed E-state index contributed by atoms with van der Waals surface area (Å²) in [5.74, 6) is 1.23. The fourth-order valence-electron chi connectivity index (χ4n) is 1.60. The number of amides is 1. The van der Waals surface area contributed by atoms with Crippen LogP contribution in [-0.4, -0.2) is 22.7 Å². The number of rotatable bonds is 5. The molecule has 0 unspecified atom stereocenters. The van der Waals surface area contributed by atoms with Crippen LogP contribution in [0.5, 0.6) is 5.75 Å². The number of anilines is 1. The molecular formula is C13H15N3O3.